The molecule has 4 aromatic rings. The Hall–Kier alpha value is -3.33. The van der Waals surface area contributed by atoms with Crippen LogP contribution in [0.2, 0.25) is 15.5 Å². The minimum atomic E-state index is -0.746. The van der Waals surface area contributed by atoms with Crippen molar-refractivity contribution in [3.8, 4) is 5.69 Å². The number of halogens is 5. The Labute approximate surface area is 226 Å². The zero-order chi connectivity index (χ0) is 27.4. The first-order valence-electron chi connectivity index (χ1n) is 10.8. The van der Waals surface area contributed by atoms with E-state index in [1.54, 1.807) is 19.1 Å². The number of hydrogen-bond donors (Lipinski definition) is 0. The van der Waals surface area contributed by atoms with Crippen molar-refractivity contribution in [2.75, 3.05) is 14.1 Å². The molecule has 0 aliphatic heterocycles. The summed E-state index contributed by atoms with van der Waals surface area (Å²) in [6, 6.07) is 10.7. The number of carbonyl (C=O) groups is 1. The van der Waals surface area contributed by atoms with Gasteiger partial charge < -0.3 is 4.90 Å². The smallest absolute Gasteiger partial charge is 0.191 e. The lowest BCUT2D eigenvalue weighted by Crippen LogP contribution is -2.13. The van der Waals surface area contributed by atoms with Crippen molar-refractivity contribution in [2.24, 2.45) is 0 Å². The number of ketones is 1. The lowest BCUT2D eigenvalue weighted by molar-refractivity contribution is 0.104. The van der Waals surface area contributed by atoms with Crippen molar-refractivity contribution >= 4 is 51.6 Å². The van der Waals surface area contributed by atoms with Crippen molar-refractivity contribution in [1.82, 2.24) is 19.4 Å². The Balaban J connectivity index is 0.000000214. The highest BCUT2D eigenvalue weighted by Gasteiger charge is 2.14. The van der Waals surface area contributed by atoms with Crippen LogP contribution in [0.25, 0.3) is 16.7 Å². The third kappa shape index (κ3) is 6.71. The SMILES string of the molecule is C/C(=C\C(=O)c1ccc(Cl)nc1Cl)N(C)C.Cc1cc(=O)c2ccc(Cl)nc2n1-c1ccc(F)cc1F. The molecular weight excluding hydrogens is 545 g/mol. The second-order valence-corrected chi connectivity index (χ2v) is 9.24. The first-order valence-corrected chi connectivity index (χ1v) is 11.9. The van der Waals surface area contributed by atoms with Crippen LogP contribution >= 0.6 is 34.8 Å². The van der Waals surface area contributed by atoms with Crippen LogP contribution in [-0.4, -0.2) is 39.3 Å². The molecule has 3 heterocycles. The fraction of sp³-hybridized carbons (Fsp3) is 0.154. The number of rotatable bonds is 4. The molecule has 0 aliphatic rings. The van der Waals surface area contributed by atoms with Crippen LogP contribution in [0.4, 0.5) is 8.78 Å². The molecule has 1 aromatic carbocycles. The minimum absolute atomic E-state index is 0.105. The van der Waals surface area contributed by atoms with Gasteiger partial charge in [-0.3, -0.25) is 14.2 Å². The monoisotopic (exact) mass is 564 g/mol. The summed E-state index contributed by atoms with van der Waals surface area (Å²) in [5, 5.41) is 0.896. The van der Waals surface area contributed by atoms with Crippen LogP contribution in [0.5, 0.6) is 0 Å². The molecule has 0 fully saturated rings. The summed E-state index contributed by atoms with van der Waals surface area (Å²) in [5.74, 6) is -1.60. The zero-order valence-electron chi connectivity index (χ0n) is 20.2. The fourth-order valence-corrected chi connectivity index (χ4v) is 3.83. The van der Waals surface area contributed by atoms with Crippen LogP contribution in [0, 0.1) is 18.6 Å². The van der Waals surface area contributed by atoms with Gasteiger partial charge in [0.25, 0.3) is 0 Å². The molecule has 6 nitrogen and oxygen atoms in total. The summed E-state index contributed by atoms with van der Waals surface area (Å²) < 4.78 is 28.6. The highest BCUT2D eigenvalue weighted by Crippen LogP contribution is 2.22. The van der Waals surface area contributed by atoms with Crippen LogP contribution < -0.4 is 5.43 Å². The number of benzene rings is 1. The molecule has 11 heteroatoms. The third-order valence-electron chi connectivity index (χ3n) is 5.29. The lowest BCUT2D eigenvalue weighted by atomic mass is 10.1. The van der Waals surface area contributed by atoms with Gasteiger partial charge in [-0.05, 0) is 50.2 Å². The summed E-state index contributed by atoms with van der Waals surface area (Å²) in [4.78, 5) is 33.6. The van der Waals surface area contributed by atoms with Gasteiger partial charge in [-0.2, -0.15) is 0 Å². The molecular formula is C26H21Cl3F2N4O2. The van der Waals surface area contributed by atoms with Gasteiger partial charge in [-0.1, -0.05) is 34.8 Å². The number of carbonyl (C=O) groups excluding carboxylic acids is 1. The van der Waals surface area contributed by atoms with Crippen LogP contribution in [0.15, 0.2) is 65.1 Å². The van der Waals surface area contributed by atoms with Gasteiger partial charge in [-0.25, -0.2) is 18.7 Å². The molecule has 0 saturated heterocycles. The molecule has 192 valence electrons. The average Bonchev–Trinajstić information content (AvgIpc) is 2.80. The lowest BCUT2D eigenvalue weighted by Gasteiger charge is -2.14. The van der Waals surface area contributed by atoms with E-state index in [2.05, 4.69) is 9.97 Å². The van der Waals surface area contributed by atoms with Crippen LogP contribution in [0.3, 0.4) is 0 Å². The van der Waals surface area contributed by atoms with Crippen molar-refractivity contribution in [3.63, 3.8) is 0 Å². The van der Waals surface area contributed by atoms with E-state index >= 15 is 0 Å². The summed E-state index contributed by atoms with van der Waals surface area (Å²) >= 11 is 17.3. The van der Waals surface area contributed by atoms with Gasteiger partial charge in [-0.15, -0.1) is 0 Å². The van der Waals surface area contributed by atoms with E-state index in [-0.39, 0.29) is 38.0 Å². The van der Waals surface area contributed by atoms with Crippen molar-refractivity contribution in [2.45, 2.75) is 13.8 Å². The molecule has 4 rings (SSSR count). The number of fused-ring (bicyclic) bond motifs is 1. The molecule has 3 aromatic heterocycles. The summed E-state index contributed by atoms with van der Waals surface area (Å²) in [5.41, 5.74) is 1.79. The molecule has 0 amide bonds. The first-order chi connectivity index (χ1) is 17.4. The number of nitrogens with zero attached hydrogens (tertiary/aromatic N) is 4. The maximum Gasteiger partial charge on any atom is 0.191 e. The van der Waals surface area contributed by atoms with E-state index in [0.717, 1.165) is 17.8 Å². The van der Waals surface area contributed by atoms with Gasteiger partial charge in [0.2, 0.25) is 0 Å². The number of aryl methyl sites for hydroxylation is 1. The number of allylic oxidation sites excluding steroid dienone is 2. The molecule has 0 aliphatic carbocycles. The highest BCUT2D eigenvalue weighted by molar-refractivity contribution is 6.35. The topological polar surface area (TPSA) is 68.1 Å². The first kappa shape index (κ1) is 28.2. The molecule has 0 bridgehead atoms. The number of hydrogen-bond acceptors (Lipinski definition) is 5. The third-order valence-corrected chi connectivity index (χ3v) is 6.00. The molecule has 0 atom stereocenters. The van der Waals surface area contributed by atoms with Gasteiger partial charge in [0.05, 0.1) is 16.6 Å². The van der Waals surface area contributed by atoms with Crippen LogP contribution in [0.1, 0.15) is 23.0 Å². The Kier molecular flexibility index (Phi) is 9.02. The molecule has 0 N–H and O–H groups in total. The second kappa shape index (κ2) is 11.8. The van der Waals surface area contributed by atoms with Crippen molar-refractivity contribution < 1.29 is 13.6 Å². The van der Waals surface area contributed by atoms with E-state index in [1.807, 2.05) is 25.9 Å². The van der Waals surface area contributed by atoms with Gasteiger partial charge in [0, 0.05) is 43.7 Å². The Morgan fingerprint density at radius 1 is 0.973 bits per heavy atom. The molecule has 0 unspecified atom stereocenters. The van der Waals surface area contributed by atoms with E-state index in [0.29, 0.717) is 16.6 Å². The summed E-state index contributed by atoms with van der Waals surface area (Å²) in [7, 11) is 3.72. The maximum atomic E-state index is 14.0. The Morgan fingerprint density at radius 2 is 1.62 bits per heavy atom. The van der Waals surface area contributed by atoms with Gasteiger partial charge in [0.1, 0.15) is 32.7 Å². The van der Waals surface area contributed by atoms with E-state index in [9.17, 15) is 18.4 Å². The van der Waals surface area contributed by atoms with Crippen LogP contribution in [-0.2, 0) is 0 Å². The Morgan fingerprint density at radius 3 is 2.24 bits per heavy atom. The maximum absolute atomic E-state index is 14.0. The van der Waals surface area contributed by atoms with Gasteiger partial charge in [0.15, 0.2) is 11.2 Å². The minimum Gasteiger partial charge on any atom is -0.381 e. The number of pyridine rings is 3. The molecule has 0 radical (unpaired) electrons. The largest absolute Gasteiger partial charge is 0.381 e. The molecule has 0 spiro atoms. The predicted octanol–water partition coefficient (Wildman–Crippen LogP) is 6.66. The van der Waals surface area contributed by atoms with Crippen molar-refractivity contribution in [3.05, 3.63) is 109 Å². The zero-order valence-corrected chi connectivity index (χ0v) is 22.5. The van der Waals surface area contributed by atoms with Gasteiger partial charge >= 0.3 is 0 Å². The van der Waals surface area contributed by atoms with E-state index in [1.165, 1.54) is 34.9 Å². The quantitative estimate of drug-likeness (QED) is 0.157. The predicted molar refractivity (Wildman–Crippen MR) is 143 cm³/mol. The number of aromatic nitrogens is 3. The summed E-state index contributed by atoms with van der Waals surface area (Å²) in [6.45, 7) is 3.49. The van der Waals surface area contributed by atoms with Crippen molar-refractivity contribution in [1.29, 1.82) is 0 Å². The molecule has 0 saturated carbocycles. The molecule has 37 heavy (non-hydrogen) atoms. The average molecular weight is 566 g/mol. The standard InChI is InChI=1S/C15H9ClF2N2O.C11H12Cl2N2O/c1-8-6-13(21)10-3-5-14(16)19-15(10)20(8)12-4-2-9(17)7-11(12)18;1-7(15(2)3)6-9(16)8-4-5-10(12)14-11(8)13/h2-7H,1H3;4-6H,1-3H3/b;7-6+. The van der Waals surface area contributed by atoms with E-state index < -0.39 is 11.6 Å². The highest BCUT2D eigenvalue weighted by atomic mass is 35.5. The normalized spacial score (nSPS) is 11.2. The Bertz CT molecular complexity index is 1590. The summed E-state index contributed by atoms with van der Waals surface area (Å²) in [6.07, 6.45) is 1.51. The van der Waals surface area contributed by atoms with E-state index in [4.69, 9.17) is 34.8 Å². The second-order valence-electron chi connectivity index (χ2n) is 8.10. The fourth-order valence-electron chi connectivity index (χ4n) is 3.25.